The molecule has 0 spiro atoms. The Balaban J connectivity index is 2.60. The second kappa shape index (κ2) is 8.33. The fourth-order valence-corrected chi connectivity index (χ4v) is 2.53. The molecule has 1 unspecified atom stereocenters. The standard InChI is InChI=1S/C15H22BrNO2/c1-11-4-5-12(2)13(8-11)9-15(18)17-14(6-7-16)10-19-3/h4-5,8,14H,6-7,9-10H2,1-3H3,(H,17,18). The van der Waals surface area contributed by atoms with E-state index in [9.17, 15) is 4.79 Å². The largest absolute Gasteiger partial charge is 0.383 e. The van der Waals surface area contributed by atoms with Gasteiger partial charge in [0.25, 0.3) is 0 Å². The molecular weight excluding hydrogens is 306 g/mol. The molecule has 0 saturated heterocycles. The second-order valence-corrected chi connectivity index (χ2v) is 5.60. The van der Waals surface area contributed by atoms with Crippen molar-refractivity contribution in [2.75, 3.05) is 19.0 Å². The third-order valence-electron chi connectivity index (χ3n) is 3.05. The molecular formula is C15H22BrNO2. The van der Waals surface area contributed by atoms with Crippen molar-refractivity contribution in [3.8, 4) is 0 Å². The van der Waals surface area contributed by atoms with Gasteiger partial charge < -0.3 is 10.1 Å². The quantitative estimate of drug-likeness (QED) is 0.782. The number of hydrogen-bond donors (Lipinski definition) is 1. The average molecular weight is 328 g/mol. The van der Waals surface area contributed by atoms with Crippen molar-refractivity contribution >= 4 is 21.8 Å². The zero-order valence-corrected chi connectivity index (χ0v) is 13.4. The molecule has 1 aromatic carbocycles. The van der Waals surface area contributed by atoms with Crippen molar-refractivity contribution in [1.82, 2.24) is 5.32 Å². The normalized spacial score (nSPS) is 12.2. The van der Waals surface area contributed by atoms with E-state index >= 15 is 0 Å². The highest BCUT2D eigenvalue weighted by Gasteiger charge is 2.12. The van der Waals surface area contributed by atoms with E-state index in [0.29, 0.717) is 13.0 Å². The summed E-state index contributed by atoms with van der Waals surface area (Å²) in [5.41, 5.74) is 3.43. The van der Waals surface area contributed by atoms with E-state index in [1.807, 2.05) is 13.8 Å². The van der Waals surface area contributed by atoms with E-state index in [1.54, 1.807) is 7.11 Å². The summed E-state index contributed by atoms with van der Waals surface area (Å²) < 4.78 is 5.11. The van der Waals surface area contributed by atoms with Gasteiger partial charge in [-0.05, 0) is 31.4 Å². The first-order valence-electron chi connectivity index (χ1n) is 6.47. The van der Waals surface area contributed by atoms with Crippen LogP contribution >= 0.6 is 15.9 Å². The van der Waals surface area contributed by atoms with Crippen LogP contribution in [0.4, 0.5) is 0 Å². The SMILES string of the molecule is COCC(CCBr)NC(=O)Cc1cc(C)ccc1C. The van der Waals surface area contributed by atoms with Crippen molar-refractivity contribution in [2.24, 2.45) is 0 Å². The highest BCUT2D eigenvalue weighted by atomic mass is 79.9. The van der Waals surface area contributed by atoms with Gasteiger partial charge in [-0.1, -0.05) is 39.7 Å². The number of alkyl halides is 1. The number of benzene rings is 1. The predicted molar refractivity (Wildman–Crippen MR) is 81.8 cm³/mol. The van der Waals surface area contributed by atoms with Crippen LogP contribution in [0.1, 0.15) is 23.1 Å². The number of amides is 1. The Bertz CT molecular complexity index is 415. The molecule has 0 aliphatic heterocycles. The van der Waals surface area contributed by atoms with Gasteiger partial charge in [-0.15, -0.1) is 0 Å². The van der Waals surface area contributed by atoms with Crippen LogP contribution in [-0.4, -0.2) is 31.0 Å². The minimum atomic E-state index is 0.0525. The lowest BCUT2D eigenvalue weighted by Crippen LogP contribution is -2.39. The van der Waals surface area contributed by atoms with E-state index in [-0.39, 0.29) is 11.9 Å². The second-order valence-electron chi connectivity index (χ2n) is 4.80. The van der Waals surface area contributed by atoms with Crippen molar-refractivity contribution in [3.63, 3.8) is 0 Å². The molecule has 106 valence electrons. The van der Waals surface area contributed by atoms with Gasteiger partial charge in [0.1, 0.15) is 0 Å². The van der Waals surface area contributed by atoms with E-state index in [2.05, 4.69) is 39.4 Å². The van der Waals surface area contributed by atoms with Gasteiger partial charge in [-0.25, -0.2) is 0 Å². The number of carbonyl (C=O) groups is 1. The van der Waals surface area contributed by atoms with E-state index in [1.165, 1.54) is 5.56 Å². The molecule has 1 aromatic rings. The first kappa shape index (κ1) is 16.2. The minimum absolute atomic E-state index is 0.0525. The number of carbonyl (C=O) groups excluding carboxylic acids is 1. The third kappa shape index (κ3) is 5.74. The number of aryl methyl sites for hydroxylation is 2. The first-order chi connectivity index (χ1) is 9.06. The van der Waals surface area contributed by atoms with Crippen LogP contribution in [0.2, 0.25) is 0 Å². The third-order valence-corrected chi connectivity index (χ3v) is 3.50. The van der Waals surface area contributed by atoms with Gasteiger partial charge in [0, 0.05) is 12.4 Å². The van der Waals surface area contributed by atoms with Crippen molar-refractivity contribution in [1.29, 1.82) is 0 Å². The maximum absolute atomic E-state index is 12.1. The van der Waals surface area contributed by atoms with Crippen LogP contribution in [0, 0.1) is 13.8 Å². The predicted octanol–water partition coefficient (Wildman–Crippen LogP) is 2.76. The fourth-order valence-electron chi connectivity index (χ4n) is 1.97. The van der Waals surface area contributed by atoms with Crippen LogP contribution < -0.4 is 5.32 Å². The number of ether oxygens (including phenoxy) is 1. The zero-order valence-electron chi connectivity index (χ0n) is 11.8. The Morgan fingerprint density at radius 1 is 1.42 bits per heavy atom. The molecule has 0 aromatic heterocycles. The average Bonchev–Trinajstić information content (AvgIpc) is 2.34. The zero-order chi connectivity index (χ0) is 14.3. The number of hydrogen-bond acceptors (Lipinski definition) is 2. The van der Waals surface area contributed by atoms with Crippen LogP contribution in [-0.2, 0) is 16.0 Å². The molecule has 1 atom stereocenters. The number of rotatable bonds is 7. The molecule has 0 saturated carbocycles. The lowest BCUT2D eigenvalue weighted by Gasteiger charge is -2.17. The summed E-state index contributed by atoms with van der Waals surface area (Å²) in [5.74, 6) is 0.0525. The number of methoxy groups -OCH3 is 1. The van der Waals surface area contributed by atoms with Crippen LogP contribution in [0.25, 0.3) is 0 Å². The molecule has 19 heavy (non-hydrogen) atoms. The summed E-state index contributed by atoms with van der Waals surface area (Å²) in [6.07, 6.45) is 1.29. The van der Waals surface area contributed by atoms with E-state index in [0.717, 1.165) is 22.9 Å². The molecule has 0 radical (unpaired) electrons. The summed E-state index contributed by atoms with van der Waals surface area (Å²) in [5, 5.41) is 3.87. The molecule has 1 amide bonds. The molecule has 0 aliphatic carbocycles. The summed E-state index contributed by atoms with van der Waals surface area (Å²) in [4.78, 5) is 12.1. The highest BCUT2D eigenvalue weighted by molar-refractivity contribution is 9.09. The maximum Gasteiger partial charge on any atom is 0.224 e. The summed E-state index contributed by atoms with van der Waals surface area (Å²) >= 11 is 3.39. The maximum atomic E-state index is 12.1. The van der Waals surface area contributed by atoms with Crippen LogP contribution in [0.5, 0.6) is 0 Å². The smallest absolute Gasteiger partial charge is 0.224 e. The molecule has 0 fully saturated rings. The van der Waals surface area contributed by atoms with E-state index < -0.39 is 0 Å². The highest BCUT2D eigenvalue weighted by Crippen LogP contribution is 2.11. The lowest BCUT2D eigenvalue weighted by molar-refractivity contribution is -0.121. The van der Waals surface area contributed by atoms with Crippen molar-refractivity contribution < 1.29 is 9.53 Å². The minimum Gasteiger partial charge on any atom is -0.383 e. The molecule has 1 rings (SSSR count). The molecule has 0 bridgehead atoms. The number of halogens is 1. The van der Waals surface area contributed by atoms with E-state index in [4.69, 9.17) is 4.74 Å². The van der Waals surface area contributed by atoms with Crippen molar-refractivity contribution in [3.05, 3.63) is 34.9 Å². The Labute approximate surface area is 123 Å². The molecule has 0 aliphatic rings. The Morgan fingerprint density at radius 2 is 2.16 bits per heavy atom. The molecule has 4 heteroatoms. The molecule has 1 N–H and O–H groups in total. The first-order valence-corrected chi connectivity index (χ1v) is 7.59. The van der Waals surface area contributed by atoms with Gasteiger partial charge in [0.15, 0.2) is 0 Å². The summed E-state index contributed by atoms with van der Waals surface area (Å²) in [6, 6.07) is 6.27. The summed E-state index contributed by atoms with van der Waals surface area (Å²) in [7, 11) is 1.65. The van der Waals surface area contributed by atoms with Gasteiger partial charge in [0.2, 0.25) is 5.91 Å². The Hall–Kier alpha value is -0.870. The molecule has 3 nitrogen and oxygen atoms in total. The fraction of sp³-hybridized carbons (Fsp3) is 0.533. The van der Waals surface area contributed by atoms with Gasteiger partial charge in [0.05, 0.1) is 19.1 Å². The van der Waals surface area contributed by atoms with Crippen LogP contribution in [0.15, 0.2) is 18.2 Å². The Kier molecular flexibility index (Phi) is 7.10. The Morgan fingerprint density at radius 3 is 2.79 bits per heavy atom. The van der Waals surface area contributed by atoms with Gasteiger partial charge in [-0.2, -0.15) is 0 Å². The van der Waals surface area contributed by atoms with Gasteiger partial charge >= 0.3 is 0 Å². The summed E-state index contributed by atoms with van der Waals surface area (Å²) in [6.45, 7) is 4.62. The molecule has 0 heterocycles. The lowest BCUT2D eigenvalue weighted by atomic mass is 10.0. The monoisotopic (exact) mass is 327 g/mol. The van der Waals surface area contributed by atoms with Crippen molar-refractivity contribution in [2.45, 2.75) is 32.7 Å². The number of nitrogens with one attached hydrogen (secondary N) is 1. The van der Waals surface area contributed by atoms with Gasteiger partial charge in [-0.3, -0.25) is 4.79 Å². The van der Waals surface area contributed by atoms with Crippen LogP contribution in [0.3, 0.4) is 0 Å². The topological polar surface area (TPSA) is 38.3 Å².